The average Bonchev–Trinajstić information content (AvgIpc) is 3.20. The lowest BCUT2D eigenvalue weighted by Crippen LogP contribution is -2.41. The van der Waals surface area contributed by atoms with Gasteiger partial charge >= 0.3 is 7.12 Å². The molecule has 2 heterocycles. The van der Waals surface area contributed by atoms with Crippen molar-refractivity contribution in [2.75, 3.05) is 0 Å². The third kappa shape index (κ3) is 2.92. The molecule has 5 heteroatoms. The number of nitriles is 1. The molecule has 0 unspecified atom stereocenters. The van der Waals surface area contributed by atoms with Gasteiger partial charge in [0.2, 0.25) is 0 Å². The SMILES string of the molecule is CC1(C)OB(c2ccc(-c3ccc4oc5ccc(C#N)cc5c4c3)cc2)OC1(C)C. The quantitative estimate of drug-likeness (QED) is 0.425. The summed E-state index contributed by atoms with van der Waals surface area (Å²) in [7, 11) is -0.367. The summed E-state index contributed by atoms with van der Waals surface area (Å²) >= 11 is 0. The van der Waals surface area contributed by atoms with Crippen LogP contribution in [0.4, 0.5) is 0 Å². The molecular weight excluding hydrogens is 373 g/mol. The van der Waals surface area contributed by atoms with Crippen LogP contribution in [0.2, 0.25) is 0 Å². The van der Waals surface area contributed by atoms with E-state index in [1.165, 1.54) is 0 Å². The Morgan fingerprint density at radius 1 is 0.733 bits per heavy atom. The lowest BCUT2D eigenvalue weighted by molar-refractivity contribution is 0.00578. The Kier molecular flexibility index (Phi) is 4.08. The number of nitrogens with zero attached hydrogens (tertiary/aromatic N) is 1. The van der Waals surface area contributed by atoms with Gasteiger partial charge in [-0.1, -0.05) is 30.3 Å². The van der Waals surface area contributed by atoms with Crippen molar-refractivity contribution < 1.29 is 13.7 Å². The van der Waals surface area contributed by atoms with E-state index in [1.54, 1.807) is 6.07 Å². The van der Waals surface area contributed by atoms with Crippen LogP contribution in [0.15, 0.2) is 65.1 Å². The summed E-state index contributed by atoms with van der Waals surface area (Å²) in [5.74, 6) is 0. The maximum atomic E-state index is 9.22. The van der Waals surface area contributed by atoms with E-state index in [0.717, 1.165) is 38.5 Å². The van der Waals surface area contributed by atoms with Crippen LogP contribution in [0.1, 0.15) is 33.3 Å². The first kappa shape index (κ1) is 18.9. The summed E-state index contributed by atoms with van der Waals surface area (Å²) in [6, 6.07) is 22.2. The number of furan rings is 1. The molecular formula is C25H22BNO3. The van der Waals surface area contributed by atoms with E-state index in [1.807, 2.05) is 18.2 Å². The van der Waals surface area contributed by atoms with Crippen molar-refractivity contribution in [1.29, 1.82) is 5.26 Å². The van der Waals surface area contributed by atoms with Gasteiger partial charge < -0.3 is 13.7 Å². The van der Waals surface area contributed by atoms with Gasteiger partial charge in [-0.2, -0.15) is 5.26 Å². The number of hydrogen-bond acceptors (Lipinski definition) is 4. The molecule has 1 aliphatic heterocycles. The van der Waals surface area contributed by atoms with E-state index >= 15 is 0 Å². The zero-order chi connectivity index (χ0) is 21.1. The van der Waals surface area contributed by atoms with E-state index in [2.05, 4.69) is 70.2 Å². The zero-order valence-corrected chi connectivity index (χ0v) is 17.5. The summed E-state index contributed by atoms with van der Waals surface area (Å²) in [6.45, 7) is 8.24. The maximum absolute atomic E-state index is 9.22. The first-order valence-corrected chi connectivity index (χ1v) is 10.1. The Morgan fingerprint density at radius 3 is 1.93 bits per heavy atom. The van der Waals surface area contributed by atoms with Gasteiger partial charge in [0.1, 0.15) is 11.2 Å². The fourth-order valence-corrected chi connectivity index (χ4v) is 3.84. The molecule has 4 aromatic rings. The molecule has 0 N–H and O–H groups in total. The smallest absolute Gasteiger partial charge is 0.456 e. The second kappa shape index (κ2) is 6.47. The van der Waals surface area contributed by atoms with Gasteiger partial charge in [-0.05, 0) is 74.6 Å². The molecule has 30 heavy (non-hydrogen) atoms. The van der Waals surface area contributed by atoms with Crippen LogP contribution in [0.25, 0.3) is 33.1 Å². The summed E-state index contributed by atoms with van der Waals surface area (Å²) in [6.07, 6.45) is 0. The molecule has 0 spiro atoms. The minimum absolute atomic E-state index is 0.355. The predicted octanol–water partition coefficient (Wildman–Crippen LogP) is 5.42. The molecule has 0 aliphatic carbocycles. The largest absolute Gasteiger partial charge is 0.494 e. The Bertz CT molecular complexity index is 1300. The molecule has 1 saturated heterocycles. The van der Waals surface area contributed by atoms with Crippen molar-refractivity contribution in [1.82, 2.24) is 0 Å². The third-order valence-electron chi connectivity index (χ3n) is 6.37. The van der Waals surface area contributed by atoms with Gasteiger partial charge in [-0.3, -0.25) is 0 Å². The summed E-state index contributed by atoms with van der Waals surface area (Å²) in [5, 5.41) is 11.2. The van der Waals surface area contributed by atoms with Gasteiger partial charge in [-0.25, -0.2) is 0 Å². The van der Waals surface area contributed by atoms with Crippen LogP contribution in [0.3, 0.4) is 0 Å². The standard InChI is InChI=1S/C25H22BNO3/c1-24(2)25(3,4)30-26(29-24)19-9-6-17(7-10-19)18-8-12-23-21(14-18)20-13-16(15-27)5-11-22(20)28-23/h5-14H,1-4H3. The van der Waals surface area contributed by atoms with Crippen molar-refractivity contribution >= 4 is 34.5 Å². The Labute approximate surface area is 176 Å². The minimum atomic E-state index is -0.367. The first-order chi connectivity index (χ1) is 14.3. The van der Waals surface area contributed by atoms with E-state index < -0.39 is 0 Å². The van der Waals surface area contributed by atoms with Crippen molar-refractivity contribution in [3.63, 3.8) is 0 Å². The number of hydrogen-bond donors (Lipinski definition) is 0. The van der Waals surface area contributed by atoms with Gasteiger partial charge in [0.15, 0.2) is 0 Å². The molecule has 4 nitrogen and oxygen atoms in total. The molecule has 0 amide bonds. The second-order valence-electron chi connectivity index (χ2n) is 8.85. The second-order valence-corrected chi connectivity index (χ2v) is 8.85. The maximum Gasteiger partial charge on any atom is 0.494 e. The van der Waals surface area contributed by atoms with Crippen LogP contribution in [0, 0.1) is 11.3 Å². The van der Waals surface area contributed by atoms with Gasteiger partial charge in [0, 0.05) is 10.8 Å². The summed E-state index contributed by atoms with van der Waals surface area (Å²) in [4.78, 5) is 0. The Morgan fingerprint density at radius 2 is 1.30 bits per heavy atom. The normalized spacial score (nSPS) is 17.5. The lowest BCUT2D eigenvalue weighted by atomic mass is 9.78. The number of fused-ring (bicyclic) bond motifs is 3. The molecule has 0 radical (unpaired) electrons. The molecule has 0 bridgehead atoms. The van der Waals surface area contributed by atoms with Gasteiger partial charge in [0.25, 0.3) is 0 Å². The molecule has 1 aliphatic rings. The van der Waals surface area contributed by atoms with Crippen molar-refractivity contribution in [2.45, 2.75) is 38.9 Å². The fourth-order valence-electron chi connectivity index (χ4n) is 3.84. The van der Waals surface area contributed by atoms with E-state index in [0.29, 0.717) is 5.56 Å². The summed E-state index contributed by atoms with van der Waals surface area (Å²) in [5.41, 5.74) is 4.72. The van der Waals surface area contributed by atoms with E-state index in [-0.39, 0.29) is 18.3 Å². The van der Waals surface area contributed by atoms with E-state index in [9.17, 15) is 5.26 Å². The van der Waals surface area contributed by atoms with Gasteiger partial charge in [-0.15, -0.1) is 0 Å². The van der Waals surface area contributed by atoms with Crippen molar-refractivity contribution in [3.8, 4) is 17.2 Å². The van der Waals surface area contributed by atoms with Crippen LogP contribution in [0.5, 0.6) is 0 Å². The Hall–Kier alpha value is -3.07. The first-order valence-electron chi connectivity index (χ1n) is 10.1. The van der Waals surface area contributed by atoms with Crippen LogP contribution >= 0.6 is 0 Å². The average molecular weight is 395 g/mol. The molecule has 3 aromatic carbocycles. The third-order valence-corrected chi connectivity index (χ3v) is 6.37. The molecule has 1 aromatic heterocycles. The topological polar surface area (TPSA) is 55.4 Å². The highest BCUT2D eigenvalue weighted by molar-refractivity contribution is 6.62. The van der Waals surface area contributed by atoms with Crippen molar-refractivity contribution in [3.05, 3.63) is 66.2 Å². The van der Waals surface area contributed by atoms with Crippen molar-refractivity contribution in [2.24, 2.45) is 0 Å². The zero-order valence-electron chi connectivity index (χ0n) is 17.5. The van der Waals surface area contributed by atoms with Gasteiger partial charge in [0.05, 0.1) is 22.8 Å². The molecule has 148 valence electrons. The highest BCUT2D eigenvalue weighted by atomic mass is 16.7. The summed E-state index contributed by atoms with van der Waals surface area (Å²) < 4.78 is 18.2. The molecule has 1 fully saturated rings. The minimum Gasteiger partial charge on any atom is -0.456 e. The molecule has 0 atom stereocenters. The highest BCUT2D eigenvalue weighted by Crippen LogP contribution is 2.37. The van der Waals surface area contributed by atoms with Crippen LogP contribution in [-0.4, -0.2) is 18.3 Å². The van der Waals surface area contributed by atoms with Crippen LogP contribution in [-0.2, 0) is 9.31 Å². The number of benzene rings is 3. The predicted molar refractivity (Wildman–Crippen MR) is 120 cm³/mol. The highest BCUT2D eigenvalue weighted by Gasteiger charge is 2.51. The fraction of sp³-hybridized carbons (Fsp3) is 0.240. The van der Waals surface area contributed by atoms with Crippen LogP contribution < -0.4 is 5.46 Å². The van der Waals surface area contributed by atoms with E-state index in [4.69, 9.17) is 13.7 Å². The molecule has 0 saturated carbocycles. The Balaban J connectivity index is 1.50. The monoisotopic (exact) mass is 395 g/mol. The number of rotatable bonds is 2. The molecule has 5 rings (SSSR count). The lowest BCUT2D eigenvalue weighted by Gasteiger charge is -2.32.